The number of rotatable bonds is 3. The van der Waals surface area contributed by atoms with Crippen LogP contribution >= 0.6 is 0 Å². The average Bonchev–Trinajstić information content (AvgIpc) is 2.38. The average molecular weight is 257 g/mol. The van der Waals surface area contributed by atoms with E-state index in [1.807, 2.05) is 31.2 Å². The molecule has 2 aromatic rings. The lowest BCUT2D eigenvalue weighted by Gasteiger charge is -2.11. The Labute approximate surface area is 111 Å². The van der Waals surface area contributed by atoms with Gasteiger partial charge in [-0.15, -0.1) is 0 Å². The molecule has 0 aliphatic carbocycles. The minimum Gasteiger partial charge on any atom is -0.398 e. The molecule has 0 saturated heterocycles. The van der Waals surface area contributed by atoms with Crippen molar-refractivity contribution in [3.63, 3.8) is 0 Å². The fourth-order valence-electron chi connectivity index (χ4n) is 1.96. The lowest BCUT2D eigenvalue weighted by Crippen LogP contribution is -2.09. The van der Waals surface area contributed by atoms with Gasteiger partial charge < -0.3 is 11.5 Å². The van der Waals surface area contributed by atoms with Crippen LogP contribution in [0, 0.1) is 18.2 Å². The van der Waals surface area contributed by atoms with Crippen molar-refractivity contribution in [2.75, 3.05) is 5.73 Å². The van der Waals surface area contributed by atoms with Crippen molar-refractivity contribution >= 4 is 11.4 Å². The highest BCUT2D eigenvalue weighted by atomic mass is 19.1. The highest BCUT2D eigenvalue weighted by Gasteiger charge is 2.12. The Balaban J connectivity index is 2.50. The summed E-state index contributed by atoms with van der Waals surface area (Å²) in [7, 11) is 0. The molecule has 0 atom stereocenters. The monoisotopic (exact) mass is 257 g/mol. The van der Waals surface area contributed by atoms with Gasteiger partial charge in [-0.05, 0) is 25.1 Å². The summed E-state index contributed by atoms with van der Waals surface area (Å²) in [5, 5.41) is 8.21. The Morgan fingerprint density at radius 2 is 2.00 bits per heavy atom. The molecule has 0 bridgehead atoms. The first kappa shape index (κ1) is 13.2. The van der Waals surface area contributed by atoms with Crippen LogP contribution in [0.2, 0.25) is 0 Å². The zero-order valence-corrected chi connectivity index (χ0v) is 10.7. The quantitative estimate of drug-likeness (QED) is 0.584. The molecule has 0 aliphatic rings. The summed E-state index contributed by atoms with van der Waals surface area (Å²) >= 11 is 0. The van der Waals surface area contributed by atoms with E-state index in [0.29, 0.717) is 11.1 Å². The molecule has 0 radical (unpaired) electrons. The second-order valence-corrected chi connectivity index (χ2v) is 4.48. The first-order valence-electron chi connectivity index (χ1n) is 5.97. The van der Waals surface area contributed by atoms with E-state index in [1.165, 1.54) is 6.07 Å². The Kier molecular flexibility index (Phi) is 3.62. The molecule has 0 aliphatic heterocycles. The maximum Gasteiger partial charge on any atom is 0.129 e. The van der Waals surface area contributed by atoms with Crippen LogP contribution in [0.4, 0.5) is 10.1 Å². The molecule has 0 saturated carbocycles. The van der Waals surface area contributed by atoms with E-state index in [-0.39, 0.29) is 17.9 Å². The number of nitrogen functional groups attached to an aromatic ring is 1. The van der Waals surface area contributed by atoms with Crippen molar-refractivity contribution in [2.24, 2.45) is 5.73 Å². The summed E-state index contributed by atoms with van der Waals surface area (Å²) in [5.41, 5.74) is 14.5. The zero-order chi connectivity index (χ0) is 14.0. The van der Waals surface area contributed by atoms with Gasteiger partial charge in [-0.3, -0.25) is 5.41 Å². The van der Waals surface area contributed by atoms with E-state index in [4.69, 9.17) is 16.9 Å². The summed E-state index contributed by atoms with van der Waals surface area (Å²) in [6.45, 7) is 2.04. The van der Waals surface area contributed by atoms with Crippen molar-refractivity contribution in [3.05, 3.63) is 64.5 Å². The van der Waals surface area contributed by atoms with Gasteiger partial charge in [0, 0.05) is 28.9 Å². The molecule has 0 unspecified atom stereocenters. The summed E-state index contributed by atoms with van der Waals surface area (Å²) in [4.78, 5) is 0. The molecule has 2 rings (SSSR count). The number of anilines is 1. The number of aryl methyl sites for hydroxylation is 1. The van der Waals surface area contributed by atoms with Crippen LogP contribution < -0.4 is 11.5 Å². The van der Waals surface area contributed by atoms with Crippen molar-refractivity contribution < 1.29 is 4.39 Å². The second kappa shape index (κ2) is 5.20. The number of hydrogen-bond donors (Lipinski definition) is 3. The van der Waals surface area contributed by atoms with Gasteiger partial charge in [-0.2, -0.15) is 0 Å². The molecule has 0 amide bonds. The Bertz CT molecular complexity index is 635. The predicted octanol–water partition coefficient (Wildman–Crippen LogP) is 2.59. The Morgan fingerprint density at radius 3 is 2.63 bits per heavy atom. The highest BCUT2D eigenvalue weighted by Crippen LogP contribution is 2.21. The summed E-state index contributed by atoms with van der Waals surface area (Å²) < 4.78 is 13.5. The first-order valence-corrected chi connectivity index (χ1v) is 5.97. The number of halogens is 1. The molecule has 5 N–H and O–H groups in total. The molecule has 2 aromatic carbocycles. The fourth-order valence-corrected chi connectivity index (χ4v) is 1.96. The van der Waals surface area contributed by atoms with Crippen molar-refractivity contribution in [3.8, 4) is 0 Å². The number of hydrogen-bond acceptors (Lipinski definition) is 3. The van der Waals surface area contributed by atoms with Crippen molar-refractivity contribution in [1.82, 2.24) is 0 Å². The third kappa shape index (κ3) is 2.63. The molecule has 4 heteroatoms. The lowest BCUT2D eigenvalue weighted by molar-refractivity contribution is 0.611. The van der Waals surface area contributed by atoms with Crippen LogP contribution in [-0.4, -0.2) is 5.71 Å². The third-order valence-electron chi connectivity index (χ3n) is 3.01. The minimum atomic E-state index is -0.430. The maximum atomic E-state index is 13.5. The smallest absolute Gasteiger partial charge is 0.129 e. The molecule has 0 spiro atoms. The Morgan fingerprint density at radius 1 is 1.26 bits per heavy atom. The molecular weight excluding hydrogens is 241 g/mol. The molecule has 19 heavy (non-hydrogen) atoms. The molecule has 3 nitrogen and oxygen atoms in total. The van der Waals surface area contributed by atoms with Gasteiger partial charge in [0.2, 0.25) is 0 Å². The summed E-state index contributed by atoms with van der Waals surface area (Å²) in [6.07, 6.45) is 0. The normalized spacial score (nSPS) is 10.5. The van der Waals surface area contributed by atoms with E-state index in [1.54, 1.807) is 6.07 Å². The van der Waals surface area contributed by atoms with Gasteiger partial charge in [0.05, 0.1) is 5.71 Å². The summed E-state index contributed by atoms with van der Waals surface area (Å²) in [6, 6.07) is 10.3. The standard InChI is InChI=1S/C15H16FN3/c1-9-3-2-4-10(5-9)15(19)12-6-11(8-17)13(16)7-14(12)18/h2-7,19H,8,17-18H2,1H3. The minimum absolute atomic E-state index is 0.0835. The van der Waals surface area contributed by atoms with Gasteiger partial charge in [0.25, 0.3) is 0 Å². The van der Waals surface area contributed by atoms with Gasteiger partial charge >= 0.3 is 0 Å². The lowest BCUT2D eigenvalue weighted by atomic mass is 9.97. The third-order valence-corrected chi connectivity index (χ3v) is 3.01. The van der Waals surface area contributed by atoms with Crippen LogP contribution in [0.1, 0.15) is 22.3 Å². The second-order valence-electron chi connectivity index (χ2n) is 4.48. The first-order chi connectivity index (χ1) is 9.02. The van der Waals surface area contributed by atoms with Crippen LogP contribution in [0.3, 0.4) is 0 Å². The molecule has 0 fully saturated rings. The maximum absolute atomic E-state index is 13.5. The van der Waals surface area contributed by atoms with Crippen molar-refractivity contribution in [1.29, 1.82) is 5.41 Å². The van der Waals surface area contributed by atoms with Gasteiger partial charge in [-0.25, -0.2) is 4.39 Å². The molecule has 98 valence electrons. The van der Waals surface area contributed by atoms with Gasteiger partial charge in [-0.1, -0.05) is 23.8 Å². The van der Waals surface area contributed by atoms with Crippen LogP contribution in [0.25, 0.3) is 0 Å². The molecular formula is C15H16FN3. The van der Waals surface area contributed by atoms with Gasteiger partial charge in [0.15, 0.2) is 0 Å². The Hall–Kier alpha value is -2.20. The summed E-state index contributed by atoms with van der Waals surface area (Å²) in [5.74, 6) is -0.430. The van der Waals surface area contributed by atoms with Crippen molar-refractivity contribution in [2.45, 2.75) is 13.5 Å². The fraction of sp³-hybridized carbons (Fsp3) is 0.133. The van der Waals surface area contributed by atoms with E-state index in [2.05, 4.69) is 0 Å². The number of nitrogens with two attached hydrogens (primary N) is 2. The van der Waals surface area contributed by atoms with E-state index in [9.17, 15) is 4.39 Å². The SMILES string of the molecule is Cc1cccc(C(=N)c2cc(CN)c(F)cc2N)c1. The molecule has 0 heterocycles. The largest absolute Gasteiger partial charge is 0.398 e. The highest BCUT2D eigenvalue weighted by molar-refractivity contribution is 6.13. The van der Waals surface area contributed by atoms with Crippen LogP contribution in [-0.2, 0) is 6.54 Å². The van der Waals surface area contributed by atoms with E-state index in [0.717, 1.165) is 11.1 Å². The van der Waals surface area contributed by atoms with E-state index < -0.39 is 5.82 Å². The zero-order valence-electron chi connectivity index (χ0n) is 10.7. The molecule has 0 aromatic heterocycles. The van der Waals surface area contributed by atoms with Crippen LogP contribution in [0.15, 0.2) is 36.4 Å². The van der Waals surface area contributed by atoms with Crippen LogP contribution in [0.5, 0.6) is 0 Å². The predicted molar refractivity (Wildman–Crippen MR) is 75.8 cm³/mol. The number of benzene rings is 2. The number of nitrogens with one attached hydrogen (secondary N) is 1. The van der Waals surface area contributed by atoms with Gasteiger partial charge in [0.1, 0.15) is 5.82 Å². The van der Waals surface area contributed by atoms with E-state index >= 15 is 0 Å². The topological polar surface area (TPSA) is 75.9 Å².